The Morgan fingerprint density at radius 3 is 2.33 bits per heavy atom. The van der Waals surface area contributed by atoms with Crippen LogP contribution in [0.25, 0.3) is 16.8 Å². The summed E-state index contributed by atoms with van der Waals surface area (Å²) in [6.45, 7) is 0. The van der Waals surface area contributed by atoms with E-state index >= 15 is 0 Å². The molecule has 3 aromatic rings. The lowest BCUT2D eigenvalue weighted by atomic mass is 10.0. The number of fused-ring (bicyclic) bond motifs is 1. The van der Waals surface area contributed by atoms with Crippen LogP contribution in [0, 0.1) is 0 Å². The number of thiocarbonyl (C=S) groups is 1. The summed E-state index contributed by atoms with van der Waals surface area (Å²) in [6.07, 6.45) is 3.12. The zero-order chi connectivity index (χ0) is 19.1. The molecule has 0 aliphatic heterocycles. The highest BCUT2D eigenvalue weighted by atomic mass is 32.1. The number of rotatable bonds is 3. The van der Waals surface area contributed by atoms with Gasteiger partial charge < -0.3 is 0 Å². The van der Waals surface area contributed by atoms with Crippen LogP contribution < -0.4 is 16.2 Å². The van der Waals surface area contributed by atoms with Gasteiger partial charge in [-0.25, -0.2) is 0 Å². The molecule has 0 heterocycles. The molecule has 27 heavy (non-hydrogen) atoms. The van der Waals surface area contributed by atoms with Gasteiger partial charge in [0.2, 0.25) is 5.91 Å². The Morgan fingerprint density at radius 1 is 0.815 bits per heavy atom. The smallest absolute Gasteiger partial charge is 0.269 e. The van der Waals surface area contributed by atoms with Gasteiger partial charge in [0.25, 0.3) is 5.91 Å². The second kappa shape index (κ2) is 8.73. The number of carbonyl (C=O) groups is 2. The summed E-state index contributed by atoms with van der Waals surface area (Å²) >= 11 is 5.01. The highest BCUT2D eigenvalue weighted by Crippen LogP contribution is 2.19. The van der Waals surface area contributed by atoms with Crippen LogP contribution in [-0.2, 0) is 4.79 Å². The van der Waals surface area contributed by atoms with E-state index in [0.29, 0.717) is 5.56 Å². The number of hydrogen-bond acceptors (Lipinski definition) is 3. The molecule has 2 amide bonds. The van der Waals surface area contributed by atoms with Crippen LogP contribution in [0.15, 0.2) is 78.9 Å². The summed E-state index contributed by atoms with van der Waals surface area (Å²) in [4.78, 5) is 23.9. The summed E-state index contributed by atoms with van der Waals surface area (Å²) in [5.74, 6) is -0.743. The number of nitrogens with one attached hydrogen (secondary N) is 3. The average Bonchev–Trinajstić information content (AvgIpc) is 2.71. The Hall–Kier alpha value is -3.51. The van der Waals surface area contributed by atoms with Gasteiger partial charge in [0.05, 0.1) is 0 Å². The van der Waals surface area contributed by atoms with Gasteiger partial charge >= 0.3 is 0 Å². The van der Waals surface area contributed by atoms with Crippen molar-refractivity contribution in [3.8, 4) is 0 Å². The van der Waals surface area contributed by atoms with E-state index in [9.17, 15) is 9.59 Å². The molecular formula is C21H17N3O2S. The highest BCUT2D eigenvalue weighted by Gasteiger charge is 2.06. The van der Waals surface area contributed by atoms with Crippen LogP contribution >= 0.6 is 12.2 Å². The lowest BCUT2D eigenvalue weighted by molar-refractivity contribution is -0.115. The van der Waals surface area contributed by atoms with E-state index in [0.717, 1.165) is 16.3 Å². The average molecular weight is 375 g/mol. The fraction of sp³-hybridized carbons (Fsp3) is 0. The maximum atomic E-state index is 12.0. The Bertz CT molecular complexity index is 1010. The minimum absolute atomic E-state index is 0.00634. The summed E-state index contributed by atoms with van der Waals surface area (Å²) in [5.41, 5.74) is 6.35. The van der Waals surface area contributed by atoms with Crippen molar-refractivity contribution in [2.75, 3.05) is 0 Å². The number of benzene rings is 3. The maximum absolute atomic E-state index is 12.0. The molecule has 0 radical (unpaired) electrons. The van der Waals surface area contributed by atoms with Gasteiger partial charge in [-0.15, -0.1) is 0 Å². The molecule has 0 aliphatic carbocycles. The van der Waals surface area contributed by atoms with Gasteiger partial charge in [0.15, 0.2) is 5.11 Å². The number of hydrazine groups is 1. The summed E-state index contributed by atoms with van der Waals surface area (Å²) < 4.78 is 0. The fourth-order valence-electron chi connectivity index (χ4n) is 2.52. The summed E-state index contributed by atoms with van der Waals surface area (Å²) in [7, 11) is 0. The second-order valence-corrected chi connectivity index (χ2v) is 6.07. The molecule has 3 aromatic carbocycles. The summed E-state index contributed by atoms with van der Waals surface area (Å²) in [5, 5.41) is 4.64. The van der Waals surface area contributed by atoms with E-state index in [1.165, 1.54) is 6.08 Å². The minimum atomic E-state index is -0.394. The first-order chi connectivity index (χ1) is 13.1. The van der Waals surface area contributed by atoms with Gasteiger partial charge in [0, 0.05) is 11.6 Å². The molecule has 0 fully saturated rings. The monoisotopic (exact) mass is 375 g/mol. The first-order valence-corrected chi connectivity index (χ1v) is 8.66. The Kier molecular flexibility index (Phi) is 5.91. The first-order valence-electron chi connectivity index (χ1n) is 8.26. The van der Waals surface area contributed by atoms with Gasteiger partial charge in [-0.3, -0.25) is 25.8 Å². The zero-order valence-electron chi connectivity index (χ0n) is 14.3. The predicted molar refractivity (Wildman–Crippen MR) is 111 cm³/mol. The largest absolute Gasteiger partial charge is 0.298 e. The quantitative estimate of drug-likeness (QED) is 0.374. The molecule has 0 aliphatic rings. The van der Waals surface area contributed by atoms with Crippen molar-refractivity contribution in [2.45, 2.75) is 0 Å². The van der Waals surface area contributed by atoms with Crippen molar-refractivity contribution >= 4 is 46.0 Å². The van der Waals surface area contributed by atoms with E-state index in [4.69, 9.17) is 12.2 Å². The van der Waals surface area contributed by atoms with Crippen molar-refractivity contribution in [3.63, 3.8) is 0 Å². The SMILES string of the molecule is O=C(C=Cc1cccc2ccccc12)NC(=S)NNC(=O)c1ccccc1. The van der Waals surface area contributed by atoms with Gasteiger partial charge in [-0.05, 0) is 46.8 Å². The van der Waals surface area contributed by atoms with E-state index < -0.39 is 5.91 Å². The first kappa shape index (κ1) is 18.3. The van der Waals surface area contributed by atoms with E-state index in [1.807, 2.05) is 48.5 Å². The van der Waals surface area contributed by atoms with Crippen LogP contribution in [-0.4, -0.2) is 16.9 Å². The molecule has 6 heteroatoms. The molecule has 3 rings (SSSR count). The van der Waals surface area contributed by atoms with Crippen molar-refractivity contribution in [2.24, 2.45) is 0 Å². The standard InChI is InChI=1S/C21H17N3O2S/c25-19(14-13-16-11-6-10-15-7-4-5-12-18(15)16)22-21(27)24-23-20(26)17-8-2-1-3-9-17/h1-14H,(H,23,26)(H2,22,24,25,27). The summed E-state index contributed by atoms with van der Waals surface area (Å²) in [6, 6.07) is 22.5. The predicted octanol–water partition coefficient (Wildman–Crippen LogP) is 3.19. The molecule has 134 valence electrons. The fourth-order valence-corrected chi connectivity index (χ4v) is 2.67. The highest BCUT2D eigenvalue weighted by molar-refractivity contribution is 7.80. The van der Waals surface area contributed by atoms with Gasteiger partial charge in [0.1, 0.15) is 0 Å². The molecule has 0 atom stereocenters. The Morgan fingerprint density at radius 2 is 1.52 bits per heavy atom. The molecule has 0 saturated carbocycles. The van der Waals surface area contributed by atoms with Crippen molar-refractivity contribution < 1.29 is 9.59 Å². The van der Waals surface area contributed by atoms with Crippen LogP contribution in [0.4, 0.5) is 0 Å². The molecular weight excluding hydrogens is 358 g/mol. The molecule has 5 nitrogen and oxygen atoms in total. The molecule has 3 N–H and O–H groups in total. The normalized spacial score (nSPS) is 10.5. The number of carbonyl (C=O) groups excluding carboxylic acids is 2. The molecule has 0 spiro atoms. The molecule has 0 bridgehead atoms. The van der Waals surface area contributed by atoms with E-state index in [-0.39, 0.29) is 11.0 Å². The third-order valence-corrected chi connectivity index (χ3v) is 4.00. The lowest BCUT2D eigenvalue weighted by Crippen LogP contribution is -2.48. The van der Waals surface area contributed by atoms with Gasteiger partial charge in [-0.2, -0.15) is 0 Å². The van der Waals surface area contributed by atoms with Crippen molar-refractivity contribution in [3.05, 3.63) is 90.0 Å². The Balaban J connectivity index is 1.55. The molecule has 0 saturated heterocycles. The van der Waals surface area contributed by atoms with E-state index in [2.05, 4.69) is 16.2 Å². The van der Waals surface area contributed by atoms with E-state index in [1.54, 1.807) is 30.3 Å². The van der Waals surface area contributed by atoms with Crippen LogP contribution in [0.5, 0.6) is 0 Å². The topological polar surface area (TPSA) is 70.2 Å². The van der Waals surface area contributed by atoms with Gasteiger partial charge in [-0.1, -0.05) is 60.7 Å². The van der Waals surface area contributed by atoms with Crippen LogP contribution in [0.3, 0.4) is 0 Å². The molecule has 0 aromatic heterocycles. The lowest BCUT2D eigenvalue weighted by Gasteiger charge is -2.09. The van der Waals surface area contributed by atoms with Crippen molar-refractivity contribution in [1.29, 1.82) is 0 Å². The zero-order valence-corrected chi connectivity index (χ0v) is 15.1. The van der Waals surface area contributed by atoms with Crippen LogP contribution in [0.1, 0.15) is 15.9 Å². The van der Waals surface area contributed by atoms with Crippen molar-refractivity contribution in [1.82, 2.24) is 16.2 Å². The minimum Gasteiger partial charge on any atom is -0.298 e. The number of hydrogen-bond donors (Lipinski definition) is 3. The third kappa shape index (κ3) is 4.99. The molecule has 0 unspecified atom stereocenters. The third-order valence-electron chi connectivity index (χ3n) is 3.80. The van der Waals surface area contributed by atoms with Crippen LogP contribution in [0.2, 0.25) is 0 Å². The number of amides is 2. The Labute approximate surface area is 162 Å². The second-order valence-electron chi connectivity index (χ2n) is 5.67. The maximum Gasteiger partial charge on any atom is 0.269 e.